The summed E-state index contributed by atoms with van der Waals surface area (Å²) in [6.45, 7) is 4.22. The number of nitro benzene ring substituents is 1. The maximum atomic E-state index is 10.7. The summed E-state index contributed by atoms with van der Waals surface area (Å²) in [6.07, 6.45) is 0. The topological polar surface area (TPSA) is 68.1 Å². The molecule has 19 heavy (non-hydrogen) atoms. The van der Waals surface area contributed by atoms with Crippen LogP contribution in [0.2, 0.25) is 0 Å². The molecule has 0 saturated carbocycles. The van der Waals surface area contributed by atoms with Crippen LogP contribution in [0.4, 0.5) is 5.69 Å². The molecule has 2 atom stereocenters. The van der Waals surface area contributed by atoms with Crippen LogP contribution < -0.4 is 5.32 Å². The molecular formula is C14H17N3O2. The highest BCUT2D eigenvalue weighted by Gasteiger charge is 2.15. The highest BCUT2D eigenvalue weighted by Crippen LogP contribution is 2.23. The van der Waals surface area contributed by atoms with E-state index in [0.29, 0.717) is 6.04 Å². The third-order valence-electron chi connectivity index (χ3n) is 3.58. The Morgan fingerprint density at radius 2 is 2.00 bits per heavy atom. The molecule has 0 aliphatic carbocycles. The molecule has 2 unspecified atom stereocenters. The lowest BCUT2D eigenvalue weighted by atomic mass is 9.98. The van der Waals surface area contributed by atoms with Gasteiger partial charge in [0.15, 0.2) is 0 Å². The molecule has 0 saturated heterocycles. The monoisotopic (exact) mass is 259 g/mol. The largest absolute Gasteiger partial charge is 0.317 e. The summed E-state index contributed by atoms with van der Waals surface area (Å²) in [4.78, 5) is 14.9. The SMILES string of the molecule is CNC(C)C(C)c1ccc2cc([N+](=O)[O-])ccc2n1. The third-order valence-corrected chi connectivity index (χ3v) is 3.58. The van der Waals surface area contributed by atoms with Crippen molar-refractivity contribution in [2.24, 2.45) is 0 Å². The Hall–Kier alpha value is -2.01. The normalized spacial score (nSPS) is 14.3. The van der Waals surface area contributed by atoms with Crippen molar-refractivity contribution in [1.29, 1.82) is 0 Å². The predicted molar refractivity (Wildman–Crippen MR) is 75.3 cm³/mol. The molecule has 0 aliphatic rings. The van der Waals surface area contributed by atoms with Gasteiger partial charge < -0.3 is 5.32 Å². The quantitative estimate of drug-likeness (QED) is 0.677. The summed E-state index contributed by atoms with van der Waals surface area (Å²) < 4.78 is 0. The standard InChI is InChI=1S/C14H17N3O2/c1-9(10(2)15-3)13-6-4-11-8-12(17(18)19)5-7-14(11)16-13/h4-10,15H,1-3H3. The molecule has 0 aliphatic heterocycles. The van der Waals surface area contributed by atoms with Gasteiger partial charge in [-0.2, -0.15) is 0 Å². The van der Waals surface area contributed by atoms with Crippen LogP contribution in [0.15, 0.2) is 30.3 Å². The van der Waals surface area contributed by atoms with Crippen molar-refractivity contribution in [3.63, 3.8) is 0 Å². The van der Waals surface area contributed by atoms with Crippen molar-refractivity contribution in [1.82, 2.24) is 10.3 Å². The molecule has 0 spiro atoms. The van der Waals surface area contributed by atoms with Gasteiger partial charge in [-0.3, -0.25) is 15.1 Å². The fourth-order valence-corrected chi connectivity index (χ4v) is 2.00. The predicted octanol–water partition coefficient (Wildman–Crippen LogP) is 2.85. The van der Waals surface area contributed by atoms with E-state index in [0.717, 1.165) is 16.6 Å². The van der Waals surface area contributed by atoms with E-state index >= 15 is 0 Å². The van der Waals surface area contributed by atoms with Crippen LogP contribution in [0.25, 0.3) is 10.9 Å². The maximum Gasteiger partial charge on any atom is 0.270 e. The molecule has 0 bridgehead atoms. The molecule has 0 fully saturated rings. The van der Waals surface area contributed by atoms with Gasteiger partial charge in [0, 0.05) is 35.2 Å². The van der Waals surface area contributed by atoms with E-state index in [1.165, 1.54) is 6.07 Å². The molecule has 0 amide bonds. The minimum absolute atomic E-state index is 0.0960. The Kier molecular flexibility index (Phi) is 3.76. The number of aromatic nitrogens is 1. The van der Waals surface area contributed by atoms with Gasteiger partial charge in [-0.15, -0.1) is 0 Å². The highest BCUT2D eigenvalue weighted by atomic mass is 16.6. The van der Waals surface area contributed by atoms with Crippen LogP contribution in [0.3, 0.4) is 0 Å². The van der Waals surface area contributed by atoms with E-state index in [2.05, 4.69) is 24.1 Å². The lowest BCUT2D eigenvalue weighted by Crippen LogP contribution is -2.27. The van der Waals surface area contributed by atoms with Crippen LogP contribution in [-0.2, 0) is 0 Å². The van der Waals surface area contributed by atoms with Gasteiger partial charge in [-0.25, -0.2) is 0 Å². The summed E-state index contributed by atoms with van der Waals surface area (Å²) in [5, 5.41) is 14.7. The van der Waals surface area contributed by atoms with Crippen molar-refractivity contribution < 1.29 is 4.92 Å². The fraction of sp³-hybridized carbons (Fsp3) is 0.357. The second-order valence-corrected chi connectivity index (χ2v) is 4.74. The number of hydrogen-bond donors (Lipinski definition) is 1. The number of fused-ring (bicyclic) bond motifs is 1. The smallest absolute Gasteiger partial charge is 0.270 e. The molecule has 100 valence electrons. The average Bonchev–Trinajstić information content (AvgIpc) is 2.44. The zero-order valence-electron chi connectivity index (χ0n) is 11.3. The molecule has 2 aromatic rings. The first kappa shape index (κ1) is 13.4. The molecule has 1 heterocycles. The maximum absolute atomic E-state index is 10.7. The Labute approximate surface area is 111 Å². The van der Waals surface area contributed by atoms with E-state index in [1.807, 2.05) is 19.2 Å². The second-order valence-electron chi connectivity index (χ2n) is 4.74. The fourth-order valence-electron chi connectivity index (χ4n) is 2.00. The molecule has 5 heteroatoms. The lowest BCUT2D eigenvalue weighted by Gasteiger charge is -2.18. The number of rotatable bonds is 4. The van der Waals surface area contributed by atoms with Gasteiger partial charge in [-0.05, 0) is 26.1 Å². The van der Waals surface area contributed by atoms with Crippen LogP contribution >= 0.6 is 0 Å². The summed E-state index contributed by atoms with van der Waals surface area (Å²) in [5.74, 6) is 0.282. The first-order chi connectivity index (χ1) is 9.02. The second kappa shape index (κ2) is 5.32. The average molecular weight is 259 g/mol. The number of likely N-dealkylation sites (N-methyl/N-ethyl adjacent to an activating group) is 1. The number of benzene rings is 1. The Morgan fingerprint density at radius 1 is 1.26 bits per heavy atom. The zero-order chi connectivity index (χ0) is 14.0. The number of nitrogens with one attached hydrogen (secondary N) is 1. The summed E-state index contributed by atoms with van der Waals surface area (Å²) in [5.41, 5.74) is 1.88. The molecule has 1 N–H and O–H groups in total. The number of hydrogen-bond acceptors (Lipinski definition) is 4. The van der Waals surface area contributed by atoms with E-state index in [9.17, 15) is 10.1 Å². The zero-order valence-corrected chi connectivity index (χ0v) is 11.3. The summed E-state index contributed by atoms with van der Waals surface area (Å²) in [6, 6.07) is 8.90. The Bertz CT molecular complexity index is 613. The van der Waals surface area contributed by atoms with Crippen LogP contribution in [0.1, 0.15) is 25.5 Å². The lowest BCUT2D eigenvalue weighted by molar-refractivity contribution is -0.384. The van der Waals surface area contributed by atoms with Gasteiger partial charge >= 0.3 is 0 Å². The molecule has 1 aromatic heterocycles. The van der Waals surface area contributed by atoms with Crippen molar-refractivity contribution in [2.45, 2.75) is 25.8 Å². The van der Waals surface area contributed by atoms with E-state index in [4.69, 9.17) is 0 Å². The summed E-state index contributed by atoms with van der Waals surface area (Å²) >= 11 is 0. The van der Waals surface area contributed by atoms with E-state index < -0.39 is 0 Å². The molecule has 2 rings (SSSR count). The Balaban J connectivity index is 2.42. The first-order valence-electron chi connectivity index (χ1n) is 6.25. The van der Waals surface area contributed by atoms with Gasteiger partial charge in [0.2, 0.25) is 0 Å². The summed E-state index contributed by atoms with van der Waals surface area (Å²) in [7, 11) is 1.92. The van der Waals surface area contributed by atoms with E-state index in [1.54, 1.807) is 12.1 Å². The number of non-ortho nitro benzene ring substituents is 1. The first-order valence-corrected chi connectivity index (χ1v) is 6.25. The van der Waals surface area contributed by atoms with Gasteiger partial charge in [0.25, 0.3) is 5.69 Å². The number of pyridine rings is 1. The molecule has 1 aromatic carbocycles. The van der Waals surface area contributed by atoms with Crippen LogP contribution in [0.5, 0.6) is 0 Å². The number of nitrogens with zero attached hydrogens (tertiary/aromatic N) is 2. The minimum Gasteiger partial charge on any atom is -0.317 e. The van der Waals surface area contributed by atoms with Crippen molar-refractivity contribution in [3.8, 4) is 0 Å². The van der Waals surface area contributed by atoms with Crippen molar-refractivity contribution in [3.05, 3.63) is 46.1 Å². The third kappa shape index (κ3) is 2.71. The van der Waals surface area contributed by atoms with Crippen LogP contribution in [-0.4, -0.2) is 23.0 Å². The van der Waals surface area contributed by atoms with Crippen molar-refractivity contribution >= 4 is 16.6 Å². The van der Waals surface area contributed by atoms with Gasteiger partial charge in [0.1, 0.15) is 0 Å². The number of nitro groups is 1. The van der Waals surface area contributed by atoms with E-state index in [-0.39, 0.29) is 16.5 Å². The van der Waals surface area contributed by atoms with Gasteiger partial charge in [-0.1, -0.05) is 13.0 Å². The van der Waals surface area contributed by atoms with Crippen LogP contribution in [0, 0.1) is 10.1 Å². The minimum atomic E-state index is -0.390. The molecule has 0 radical (unpaired) electrons. The molecule has 5 nitrogen and oxygen atoms in total. The molecular weight excluding hydrogens is 242 g/mol. The van der Waals surface area contributed by atoms with Crippen molar-refractivity contribution in [2.75, 3.05) is 7.05 Å². The Morgan fingerprint density at radius 3 is 2.63 bits per heavy atom. The van der Waals surface area contributed by atoms with Gasteiger partial charge in [0.05, 0.1) is 10.4 Å². The highest BCUT2D eigenvalue weighted by molar-refractivity contribution is 5.81.